The van der Waals surface area contributed by atoms with E-state index < -0.39 is 0 Å². The molecular weight excluding hydrogens is 230 g/mol. The molecule has 0 bridgehead atoms. The van der Waals surface area contributed by atoms with Crippen molar-refractivity contribution in [3.05, 3.63) is 36.2 Å². The van der Waals surface area contributed by atoms with Crippen LogP contribution in [0.1, 0.15) is 5.56 Å². The number of anilines is 1. The first-order chi connectivity index (χ1) is 8.74. The molecule has 1 aromatic heterocycles. The average molecular weight is 245 g/mol. The van der Waals surface area contributed by atoms with E-state index in [2.05, 4.69) is 15.3 Å². The van der Waals surface area contributed by atoms with Crippen molar-refractivity contribution < 1.29 is 9.47 Å². The molecule has 0 spiro atoms. The van der Waals surface area contributed by atoms with E-state index in [1.165, 1.54) is 6.33 Å². The summed E-state index contributed by atoms with van der Waals surface area (Å²) in [5.41, 5.74) is 0.864. The molecule has 1 heterocycles. The van der Waals surface area contributed by atoms with Crippen molar-refractivity contribution in [1.82, 2.24) is 9.97 Å². The fraction of sp³-hybridized carbons (Fsp3) is 0.231. The Kier molecular flexibility index (Phi) is 3.62. The van der Waals surface area contributed by atoms with Crippen LogP contribution in [0.25, 0.3) is 0 Å². The zero-order valence-electron chi connectivity index (χ0n) is 10.6. The predicted molar refractivity (Wildman–Crippen MR) is 69.4 cm³/mol. The van der Waals surface area contributed by atoms with Crippen LogP contribution < -0.4 is 14.8 Å². The second kappa shape index (κ2) is 5.35. The number of hydrogen-bond donors (Lipinski definition) is 1. The maximum atomic E-state index is 5.72. The first-order valence-electron chi connectivity index (χ1n) is 5.56. The summed E-state index contributed by atoms with van der Waals surface area (Å²) in [5.74, 6) is 2.71. The molecule has 18 heavy (non-hydrogen) atoms. The van der Waals surface area contributed by atoms with Crippen LogP contribution >= 0.6 is 0 Å². The van der Waals surface area contributed by atoms with Crippen molar-refractivity contribution >= 4 is 5.82 Å². The molecule has 0 fully saturated rings. The maximum Gasteiger partial charge on any atom is 0.227 e. The SMILES string of the molecule is CNc1ncnc(Oc2cccc(OC)c2)c1C. The summed E-state index contributed by atoms with van der Waals surface area (Å²) < 4.78 is 10.9. The summed E-state index contributed by atoms with van der Waals surface area (Å²) in [6.07, 6.45) is 1.47. The average Bonchev–Trinajstić information content (AvgIpc) is 2.41. The van der Waals surface area contributed by atoms with Crippen molar-refractivity contribution in [3.63, 3.8) is 0 Å². The highest BCUT2D eigenvalue weighted by molar-refractivity contribution is 5.48. The molecule has 2 rings (SSSR count). The molecule has 0 aliphatic carbocycles. The van der Waals surface area contributed by atoms with E-state index in [0.717, 1.165) is 17.1 Å². The zero-order valence-corrected chi connectivity index (χ0v) is 10.6. The highest BCUT2D eigenvalue weighted by Gasteiger charge is 2.08. The van der Waals surface area contributed by atoms with E-state index in [9.17, 15) is 0 Å². The number of nitrogens with zero attached hydrogens (tertiary/aromatic N) is 2. The zero-order chi connectivity index (χ0) is 13.0. The van der Waals surface area contributed by atoms with Gasteiger partial charge in [0, 0.05) is 13.1 Å². The summed E-state index contributed by atoms with van der Waals surface area (Å²) in [7, 11) is 3.43. The number of ether oxygens (including phenoxy) is 2. The van der Waals surface area contributed by atoms with E-state index in [4.69, 9.17) is 9.47 Å². The number of nitrogens with one attached hydrogen (secondary N) is 1. The molecule has 0 unspecified atom stereocenters. The molecule has 1 N–H and O–H groups in total. The Bertz CT molecular complexity index is 544. The van der Waals surface area contributed by atoms with Gasteiger partial charge in [-0.15, -0.1) is 0 Å². The smallest absolute Gasteiger partial charge is 0.227 e. The van der Waals surface area contributed by atoms with Crippen molar-refractivity contribution in [2.75, 3.05) is 19.5 Å². The van der Waals surface area contributed by atoms with Gasteiger partial charge in [-0.25, -0.2) is 9.97 Å². The van der Waals surface area contributed by atoms with E-state index in [-0.39, 0.29) is 0 Å². The van der Waals surface area contributed by atoms with Gasteiger partial charge < -0.3 is 14.8 Å². The lowest BCUT2D eigenvalue weighted by atomic mass is 10.3. The summed E-state index contributed by atoms with van der Waals surface area (Å²) in [5, 5.41) is 2.99. The summed E-state index contributed by atoms with van der Waals surface area (Å²) in [6, 6.07) is 7.38. The van der Waals surface area contributed by atoms with E-state index in [1.54, 1.807) is 13.2 Å². The standard InChI is InChI=1S/C13H15N3O2/c1-9-12(14-2)15-8-16-13(9)18-11-6-4-5-10(7-11)17-3/h4-8H,1-3H3,(H,14,15,16). The monoisotopic (exact) mass is 245 g/mol. The molecule has 5 heteroatoms. The molecule has 0 radical (unpaired) electrons. The molecule has 2 aromatic rings. The van der Waals surface area contributed by atoms with Crippen LogP contribution in [0.2, 0.25) is 0 Å². The third-order valence-electron chi connectivity index (χ3n) is 2.53. The van der Waals surface area contributed by atoms with Crippen LogP contribution in [0.4, 0.5) is 5.82 Å². The minimum absolute atomic E-state index is 0.530. The van der Waals surface area contributed by atoms with Crippen molar-refractivity contribution in [3.8, 4) is 17.4 Å². The maximum absolute atomic E-state index is 5.72. The fourth-order valence-corrected chi connectivity index (χ4v) is 1.57. The third-order valence-corrected chi connectivity index (χ3v) is 2.53. The van der Waals surface area contributed by atoms with Gasteiger partial charge in [-0.3, -0.25) is 0 Å². The first kappa shape index (κ1) is 12.2. The lowest BCUT2D eigenvalue weighted by Crippen LogP contribution is -1.99. The van der Waals surface area contributed by atoms with Crippen LogP contribution in [0.3, 0.4) is 0 Å². The van der Waals surface area contributed by atoms with Gasteiger partial charge in [0.1, 0.15) is 23.6 Å². The highest BCUT2D eigenvalue weighted by atomic mass is 16.5. The van der Waals surface area contributed by atoms with Gasteiger partial charge in [-0.2, -0.15) is 0 Å². The minimum atomic E-state index is 0.530. The highest BCUT2D eigenvalue weighted by Crippen LogP contribution is 2.27. The topological polar surface area (TPSA) is 56.3 Å². The molecule has 0 amide bonds. The minimum Gasteiger partial charge on any atom is -0.497 e. The number of rotatable bonds is 4. The number of aromatic nitrogens is 2. The number of hydrogen-bond acceptors (Lipinski definition) is 5. The lowest BCUT2D eigenvalue weighted by molar-refractivity contribution is 0.407. The fourth-order valence-electron chi connectivity index (χ4n) is 1.57. The van der Waals surface area contributed by atoms with Crippen LogP contribution in [0, 0.1) is 6.92 Å². The van der Waals surface area contributed by atoms with Gasteiger partial charge in [0.05, 0.1) is 12.7 Å². The van der Waals surface area contributed by atoms with Gasteiger partial charge in [-0.05, 0) is 19.1 Å². The lowest BCUT2D eigenvalue weighted by Gasteiger charge is -2.10. The Morgan fingerprint density at radius 3 is 2.67 bits per heavy atom. The second-order valence-corrected chi connectivity index (χ2v) is 3.68. The second-order valence-electron chi connectivity index (χ2n) is 3.68. The molecule has 5 nitrogen and oxygen atoms in total. The Balaban J connectivity index is 2.28. The van der Waals surface area contributed by atoms with Gasteiger partial charge in [-0.1, -0.05) is 6.07 Å². The summed E-state index contributed by atoms with van der Waals surface area (Å²) >= 11 is 0. The molecular formula is C13H15N3O2. The molecule has 0 atom stereocenters. The number of methoxy groups -OCH3 is 1. The van der Waals surface area contributed by atoms with E-state index in [0.29, 0.717) is 11.6 Å². The Morgan fingerprint density at radius 2 is 1.94 bits per heavy atom. The van der Waals surface area contributed by atoms with Gasteiger partial charge in [0.2, 0.25) is 5.88 Å². The molecule has 0 saturated carbocycles. The first-order valence-corrected chi connectivity index (χ1v) is 5.56. The molecule has 1 aromatic carbocycles. The van der Waals surface area contributed by atoms with Crippen molar-refractivity contribution in [2.24, 2.45) is 0 Å². The number of benzene rings is 1. The van der Waals surface area contributed by atoms with Crippen molar-refractivity contribution in [2.45, 2.75) is 6.92 Å². The van der Waals surface area contributed by atoms with Crippen molar-refractivity contribution in [1.29, 1.82) is 0 Å². The molecule has 0 aliphatic rings. The molecule has 94 valence electrons. The van der Waals surface area contributed by atoms with Crippen LogP contribution in [-0.4, -0.2) is 24.1 Å². The third kappa shape index (κ3) is 2.51. The quantitative estimate of drug-likeness (QED) is 0.897. The van der Waals surface area contributed by atoms with E-state index in [1.807, 2.05) is 32.2 Å². The van der Waals surface area contributed by atoms with Gasteiger partial charge in [0.25, 0.3) is 0 Å². The normalized spacial score (nSPS) is 9.94. The molecule has 0 saturated heterocycles. The predicted octanol–water partition coefficient (Wildman–Crippen LogP) is 2.63. The summed E-state index contributed by atoms with van der Waals surface area (Å²) in [4.78, 5) is 8.23. The Labute approximate surface area is 106 Å². The Hall–Kier alpha value is -2.30. The summed E-state index contributed by atoms with van der Waals surface area (Å²) in [6.45, 7) is 1.90. The largest absolute Gasteiger partial charge is 0.497 e. The van der Waals surface area contributed by atoms with Crippen LogP contribution in [0.5, 0.6) is 17.4 Å². The van der Waals surface area contributed by atoms with E-state index >= 15 is 0 Å². The van der Waals surface area contributed by atoms with Crippen LogP contribution in [-0.2, 0) is 0 Å². The Morgan fingerprint density at radius 1 is 1.17 bits per heavy atom. The van der Waals surface area contributed by atoms with Gasteiger partial charge >= 0.3 is 0 Å². The van der Waals surface area contributed by atoms with Gasteiger partial charge in [0.15, 0.2) is 0 Å². The molecule has 0 aliphatic heterocycles. The van der Waals surface area contributed by atoms with Crippen LogP contribution in [0.15, 0.2) is 30.6 Å².